The van der Waals surface area contributed by atoms with Crippen molar-refractivity contribution in [1.29, 1.82) is 0 Å². The van der Waals surface area contributed by atoms with Gasteiger partial charge in [0, 0.05) is 0 Å². The predicted molar refractivity (Wildman–Crippen MR) is 82.7 cm³/mol. The molecular formula is C13H17ClN6O. The molecule has 0 radical (unpaired) electrons. The summed E-state index contributed by atoms with van der Waals surface area (Å²) in [4.78, 5) is 16.9. The highest BCUT2D eigenvalue weighted by atomic mass is 35.5. The summed E-state index contributed by atoms with van der Waals surface area (Å²) in [5.74, 6) is -0.859. The lowest BCUT2D eigenvalue weighted by Crippen LogP contribution is -2.24. The van der Waals surface area contributed by atoms with Crippen molar-refractivity contribution >= 4 is 24.3 Å². The summed E-state index contributed by atoms with van der Waals surface area (Å²) in [6.45, 7) is 2.00. The molecule has 1 aromatic heterocycles. The largest absolute Gasteiger partial charge is 0.370 e. The molecule has 112 valence electrons. The Kier molecular flexibility index (Phi) is 5.86. The maximum atomic E-state index is 11.9. The standard InChI is InChI=1S/C13H16N6O.ClH/c1-2-6-10-11(12(20)16-13(14)15)18-19(17-10)9-7-4-3-5-8-9;/h3-5,7-8H,2,6H2,1H3,(H4,14,15,16,20);1H. The molecule has 0 fully saturated rings. The number of benzene rings is 1. The third-order valence-corrected chi connectivity index (χ3v) is 2.59. The zero-order valence-corrected chi connectivity index (χ0v) is 12.4. The lowest BCUT2D eigenvalue weighted by molar-refractivity contribution is 0.0996. The minimum Gasteiger partial charge on any atom is -0.370 e. The van der Waals surface area contributed by atoms with E-state index in [-0.39, 0.29) is 24.1 Å². The molecule has 0 saturated carbocycles. The number of para-hydroxylation sites is 1. The van der Waals surface area contributed by atoms with Crippen LogP contribution in [0.25, 0.3) is 5.69 Å². The second kappa shape index (κ2) is 7.39. The van der Waals surface area contributed by atoms with Gasteiger partial charge in [-0.15, -0.1) is 17.5 Å². The van der Waals surface area contributed by atoms with Gasteiger partial charge in [-0.25, -0.2) is 0 Å². The van der Waals surface area contributed by atoms with Crippen LogP contribution >= 0.6 is 12.4 Å². The molecule has 0 bridgehead atoms. The first kappa shape index (κ1) is 16.6. The van der Waals surface area contributed by atoms with Crippen LogP contribution in [0.15, 0.2) is 35.3 Å². The lowest BCUT2D eigenvalue weighted by Gasteiger charge is -1.96. The average molecular weight is 309 g/mol. The highest BCUT2D eigenvalue weighted by molar-refractivity contribution is 6.01. The number of amides is 1. The van der Waals surface area contributed by atoms with E-state index >= 15 is 0 Å². The molecule has 1 heterocycles. The molecule has 0 spiro atoms. The van der Waals surface area contributed by atoms with Crippen LogP contribution in [-0.4, -0.2) is 26.9 Å². The zero-order valence-electron chi connectivity index (χ0n) is 11.6. The first-order chi connectivity index (χ1) is 9.61. The average Bonchev–Trinajstić information content (AvgIpc) is 2.83. The Morgan fingerprint density at radius 2 is 1.90 bits per heavy atom. The van der Waals surface area contributed by atoms with Gasteiger partial charge >= 0.3 is 5.91 Å². The highest BCUT2D eigenvalue weighted by Gasteiger charge is 2.18. The Bertz CT molecular complexity index is 633. The number of guanidine groups is 1. The van der Waals surface area contributed by atoms with E-state index in [9.17, 15) is 4.79 Å². The van der Waals surface area contributed by atoms with Gasteiger partial charge in [0.15, 0.2) is 11.7 Å². The number of hydrogen-bond acceptors (Lipinski definition) is 3. The van der Waals surface area contributed by atoms with Crippen molar-refractivity contribution in [3.05, 3.63) is 41.7 Å². The summed E-state index contributed by atoms with van der Waals surface area (Å²) >= 11 is 0. The van der Waals surface area contributed by atoms with Crippen LogP contribution in [0.5, 0.6) is 0 Å². The third kappa shape index (κ3) is 4.03. The van der Waals surface area contributed by atoms with E-state index in [1.54, 1.807) is 0 Å². The first-order valence-corrected chi connectivity index (χ1v) is 6.27. The van der Waals surface area contributed by atoms with E-state index in [1.165, 1.54) is 4.80 Å². The van der Waals surface area contributed by atoms with Gasteiger partial charge in [-0.1, -0.05) is 31.5 Å². The number of halogens is 1. The number of aliphatic imine (C=N–C) groups is 1. The van der Waals surface area contributed by atoms with Crippen molar-refractivity contribution in [1.82, 2.24) is 15.0 Å². The molecule has 4 N–H and O–H groups in total. The summed E-state index contributed by atoms with van der Waals surface area (Å²) in [6.07, 6.45) is 1.48. The van der Waals surface area contributed by atoms with E-state index in [2.05, 4.69) is 15.2 Å². The molecule has 0 saturated heterocycles. The number of carbonyl (C=O) groups excluding carboxylic acids is 1. The normalized spacial score (nSPS) is 9.76. The van der Waals surface area contributed by atoms with Crippen molar-refractivity contribution < 1.29 is 4.79 Å². The predicted octanol–water partition coefficient (Wildman–Crippen LogP) is 1.06. The van der Waals surface area contributed by atoms with Gasteiger partial charge in [-0.3, -0.25) is 4.79 Å². The van der Waals surface area contributed by atoms with Crippen molar-refractivity contribution in [2.24, 2.45) is 16.5 Å². The Morgan fingerprint density at radius 1 is 1.24 bits per heavy atom. The molecule has 0 atom stereocenters. The summed E-state index contributed by atoms with van der Waals surface area (Å²) in [6, 6.07) is 9.34. The fourth-order valence-electron chi connectivity index (χ4n) is 1.75. The number of nitrogens with zero attached hydrogens (tertiary/aromatic N) is 4. The van der Waals surface area contributed by atoms with Crippen LogP contribution in [0, 0.1) is 0 Å². The Balaban J connectivity index is 0.00000220. The summed E-state index contributed by atoms with van der Waals surface area (Å²) in [5.41, 5.74) is 12.0. The zero-order chi connectivity index (χ0) is 14.5. The van der Waals surface area contributed by atoms with Gasteiger partial charge in [0.1, 0.15) is 0 Å². The molecule has 0 aliphatic carbocycles. The van der Waals surface area contributed by atoms with Gasteiger partial charge < -0.3 is 11.5 Å². The third-order valence-electron chi connectivity index (χ3n) is 2.59. The highest BCUT2D eigenvalue weighted by Crippen LogP contribution is 2.11. The fourth-order valence-corrected chi connectivity index (χ4v) is 1.75. The van der Waals surface area contributed by atoms with Gasteiger partial charge in [-0.2, -0.15) is 14.9 Å². The van der Waals surface area contributed by atoms with Crippen molar-refractivity contribution in [3.8, 4) is 5.69 Å². The smallest absolute Gasteiger partial charge is 0.302 e. The van der Waals surface area contributed by atoms with Crippen LogP contribution in [0.4, 0.5) is 0 Å². The summed E-state index contributed by atoms with van der Waals surface area (Å²) in [5, 5.41) is 8.52. The number of hydrogen-bond donors (Lipinski definition) is 2. The van der Waals surface area contributed by atoms with Gasteiger partial charge in [0.25, 0.3) is 0 Å². The number of carbonyl (C=O) groups is 1. The monoisotopic (exact) mass is 308 g/mol. The number of aromatic nitrogens is 3. The Labute approximate surface area is 128 Å². The SMILES string of the molecule is CCCc1nn(-c2ccccc2)nc1C(=O)N=C(N)N.Cl. The van der Waals surface area contributed by atoms with E-state index in [1.807, 2.05) is 37.3 Å². The second-order valence-electron chi connectivity index (χ2n) is 4.21. The van der Waals surface area contributed by atoms with Crippen molar-refractivity contribution in [2.45, 2.75) is 19.8 Å². The van der Waals surface area contributed by atoms with Crippen molar-refractivity contribution in [2.75, 3.05) is 0 Å². The van der Waals surface area contributed by atoms with E-state index in [0.29, 0.717) is 12.1 Å². The molecule has 21 heavy (non-hydrogen) atoms. The molecule has 1 amide bonds. The number of nitrogens with two attached hydrogens (primary N) is 2. The van der Waals surface area contributed by atoms with Crippen LogP contribution < -0.4 is 11.5 Å². The molecule has 0 aliphatic rings. The molecule has 0 unspecified atom stereocenters. The summed E-state index contributed by atoms with van der Waals surface area (Å²) < 4.78 is 0. The Hall–Kier alpha value is -2.41. The maximum absolute atomic E-state index is 11.9. The molecule has 0 aliphatic heterocycles. The maximum Gasteiger partial charge on any atom is 0.302 e. The molecular weight excluding hydrogens is 292 g/mol. The summed E-state index contributed by atoms with van der Waals surface area (Å²) in [7, 11) is 0. The lowest BCUT2D eigenvalue weighted by atomic mass is 10.2. The molecule has 2 rings (SSSR count). The quantitative estimate of drug-likeness (QED) is 0.647. The van der Waals surface area contributed by atoms with E-state index < -0.39 is 5.91 Å². The molecule has 2 aromatic rings. The first-order valence-electron chi connectivity index (χ1n) is 6.27. The molecule has 1 aromatic carbocycles. The second-order valence-corrected chi connectivity index (χ2v) is 4.21. The molecule has 7 nitrogen and oxygen atoms in total. The minimum atomic E-state index is -0.573. The van der Waals surface area contributed by atoms with Crippen molar-refractivity contribution in [3.63, 3.8) is 0 Å². The van der Waals surface area contributed by atoms with Crippen LogP contribution in [0.3, 0.4) is 0 Å². The van der Waals surface area contributed by atoms with Gasteiger partial charge in [0.05, 0.1) is 11.4 Å². The van der Waals surface area contributed by atoms with Crippen LogP contribution in [0.1, 0.15) is 29.5 Å². The van der Waals surface area contributed by atoms with Gasteiger partial charge in [-0.05, 0) is 18.6 Å². The topological polar surface area (TPSA) is 112 Å². The Morgan fingerprint density at radius 3 is 2.48 bits per heavy atom. The minimum absolute atomic E-state index is 0. The van der Waals surface area contributed by atoms with Crippen LogP contribution in [-0.2, 0) is 6.42 Å². The van der Waals surface area contributed by atoms with Crippen LogP contribution in [0.2, 0.25) is 0 Å². The molecule has 8 heteroatoms. The van der Waals surface area contributed by atoms with E-state index in [4.69, 9.17) is 11.5 Å². The van der Waals surface area contributed by atoms with Gasteiger partial charge in [0.2, 0.25) is 0 Å². The van der Waals surface area contributed by atoms with E-state index in [0.717, 1.165) is 12.1 Å². The number of rotatable bonds is 4. The number of aryl methyl sites for hydroxylation is 1. The fraction of sp³-hybridized carbons (Fsp3) is 0.231.